The van der Waals surface area contributed by atoms with E-state index >= 15 is 0 Å². The summed E-state index contributed by atoms with van der Waals surface area (Å²) in [5.74, 6) is -0.0553. The van der Waals surface area contributed by atoms with E-state index in [1.54, 1.807) is 12.1 Å². The van der Waals surface area contributed by atoms with Crippen LogP contribution < -0.4 is 5.32 Å². The molecular weight excluding hydrogens is 204 g/mol. The minimum Gasteiger partial charge on any atom is -0.353 e. The highest BCUT2D eigenvalue weighted by molar-refractivity contribution is 5.73. The number of hydrogen-bond donors (Lipinski definition) is 1. The number of benzene rings is 1. The van der Waals surface area contributed by atoms with Gasteiger partial charge >= 0.3 is 0 Å². The van der Waals surface area contributed by atoms with Crippen molar-refractivity contribution < 1.29 is 9.59 Å². The quantitative estimate of drug-likeness (QED) is 0.616. The summed E-state index contributed by atoms with van der Waals surface area (Å²) >= 11 is 0. The van der Waals surface area contributed by atoms with Crippen LogP contribution in [0.25, 0.3) is 6.08 Å². The smallest absolute Gasteiger partial charge is 0.240 e. The molecule has 4 heteroatoms. The van der Waals surface area contributed by atoms with Gasteiger partial charge in [-0.1, -0.05) is 24.3 Å². The molecule has 1 aromatic carbocycles. The number of hydrogen-bond acceptors (Lipinski definition) is 3. The zero-order valence-electron chi connectivity index (χ0n) is 8.93. The summed E-state index contributed by atoms with van der Waals surface area (Å²) in [6, 6.07) is 7.12. The second-order valence-electron chi connectivity index (χ2n) is 3.13. The van der Waals surface area contributed by atoms with Crippen LogP contribution in [0, 0.1) is 0 Å². The van der Waals surface area contributed by atoms with E-state index in [2.05, 4.69) is 10.3 Å². The Balaban J connectivity index is 2.54. The van der Waals surface area contributed by atoms with Crippen LogP contribution in [0.4, 0.5) is 5.69 Å². The zero-order chi connectivity index (χ0) is 11.8. The Hall–Kier alpha value is -2.19. The Morgan fingerprint density at radius 1 is 1.44 bits per heavy atom. The van der Waals surface area contributed by atoms with Gasteiger partial charge in [0.1, 0.15) is 0 Å². The Morgan fingerprint density at radius 3 is 2.69 bits per heavy atom. The number of carbonyl (C=O) groups excluding carboxylic acids is 2. The molecule has 82 valence electrons. The standard InChI is InChI=1S/C12H12N2O2/c1-10(16)13-8-2-3-11-4-6-12(7-5-11)14-9-15/h2-7H,8H2,1H3,(H,13,16). The Kier molecular flexibility index (Phi) is 4.70. The highest BCUT2D eigenvalue weighted by Gasteiger charge is 1.89. The van der Waals surface area contributed by atoms with Crippen LogP contribution in [0.3, 0.4) is 0 Å². The molecule has 0 saturated carbocycles. The van der Waals surface area contributed by atoms with Gasteiger partial charge in [0.25, 0.3) is 0 Å². The Morgan fingerprint density at radius 2 is 2.12 bits per heavy atom. The number of nitrogens with zero attached hydrogens (tertiary/aromatic N) is 1. The lowest BCUT2D eigenvalue weighted by molar-refractivity contribution is -0.118. The van der Waals surface area contributed by atoms with Crippen molar-refractivity contribution in [3.05, 3.63) is 35.9 Å². The number of aliphatic imine (C=N–C) groups is 1. The first-order valence-electron chi connectivity index (χ1n) is 4.81. The molecule has 0 aromatic heterocycles. The van der Waals surface area contributed by atoms with Gasteiger partial charge in [-0.05, 0) is 17.7 Å². The van der Waals surface area contributed by atoms with Gasteiger partial charge in [0.15, 0.2) is 0 Å². The summed E-state index contributed by atoms with van der Waals surface area (Å²) in [5.41, 5.74) is 1.56. The number of nitrogens with one attached hydrogen (secondary N) is 1. The molecule has 0 spiro atoms. The minimum atomic E-state index is -0.0553. The van der Waals surface area contributed by atoms with Crippen LogP contribution in [-0.4, -0.2) is 18.5 Å². The number of carbonyl (C=O) groups is 1. The van der Waals surface area contributed by atoms with E-state index < -0.39 is 0 Å². The fourth-order valence-corrected chi connectivity index (χ4v) is 1.11. The summed E-state index contributed by atoms with van der Waals surface area (Å²) in [6.45, 7) is 1.98. The molecular formula is C12H12N2O2. The molecule has 0 heterocycles. The molecule has 4 nitrogen and oxygen atoms in total. The monoisotopic (exact) mass is 216 g/mol. The second kappa shape index (κ2) is 6.32. The molecule has 1 rings (SSSR count). The van der Waals surface area contributed by atoms with E-state index in [0.29, 0.717) is 12.2 Å². The van der Waals surface area contributed by atoms with Crippen molar-refractivity contribution in [3.63, 3.8) is 0 Å². The molecule has 0 radical (unpaired) electrons. The molecule has 0 saturated heterocycles. The SMILES string of the molecule is CC(=O)NCC=Cc1ccc(N=C=O)cc1. The van der Waals surface area contributed by atoms with Gasteiger partial charge in [0, 0.05) is 13.5 Å². The largest absolute Gasteiger partial charge is 0.353 e. The average molecular weight is 216 g/mol. The van der Waals surface area contributed by atoms with Crippen molar-refractivity contribution in [2.45, 2.75) is 6.92 Å². The Labute approximate surface area is 93.7 Å². The van der Waals surface area contributed by atoms with Crippen LogP contribution in [0.1, 0.15) is 12.5 Å². The van der Waals surface area contributed by atoms with Gasteiger partial charge in [-0.25, -0.2) is 4.79 Å². The molecule has 16 heavy (non-hydrogen) atoms. The first kappa shape index (κ1) is 11.9. The molecule has 1 aromatic rings. The van der Waals surface area contributed by atoms with E-state index in [-0.39, 0.29) is 5.91 Å². The van der Waals surface area contributed by atoms with Gasteiger partial charge in [0.2, 0.25) is 12.0 Å². The first-order chi connectivity index (χ1) is 7.72. The maximum atomic E-state index is 10.6. The van der Waals surface area contributed by atoms with Crippen molar-refractivity contribution in [2.75, 3.05) is 6.54 Å². The molecule has 0 bridgehead atoms. The van der Waals surface area contributed by atoms with Crippen molar-refractivity contribution >= 4 is 23.8 Å². The van der Waals surface area contributed by atoms with Gasteiger partial charge in [-0.3, -0.25) is 4.79 Å². The molecule has 0 aliphatic carbocycles. The highest BCUT2D eigenvalue weighted by Crippen LogP contribution is 2.12. The maximum Gasteiger partial charge on any atom is 0.240 e. The normalized spacial score (nSPS) is 9.81. The maximum absolute atomic E-state index is 10.6. The molecule has 0 aliphatic heterocycles. The topological polar surface area (TPSA) is 58.5 Å². The predicted octanol–water partition coefficient (Wildman–Crippen LogP) is 1.80. The van der Waals surface area contributed by atoms with E-state index in [1.807, 2.05) is 24.3 Å². The van der Waals surface area contributed by atoms with E-state index in [9.17, 15) is 9.59 Å². The number of isocyanates is 1. The van der Waals surface area contributed by atoms with Crippen LogP contribution >= 0.6 is 0 Å². The minimum absolute atomic E-state index is 0.0553. The van der Waals surface area contributed by atoms with Crippen LogP contribution in [0.5, 0.6) is 0 Å². The van der Waals surface area contributed by atoms with Crippen molar-refractivity contribution in [1.82, 2.24) is 5.32 Å². The summed E-state index contributed by atoms with van der Waals surface area (Å²) in [7, 11) is 0. The van der Waals surface area contributed by atoms with E-state index in [1.165, 1.54) is 13.0 Å². The van der Waals surface area contributed by atoms with Crippen LogP contribution in [0.15, 0.2) is 35.3 Å². The highest BCUT2D eigenvalue weighted by atomic mass is 16.1. The third-order valence-corrected chi connectivity index (χ3v) is 1.85. The number of rotatable bonds is 4. The first-order valence-corrected chi connectivity index (χ1v) is 4.81. The van der Waals surface area contributed by atoms with Gasteiger partial charge in [0.05, 0.1) is 5.69 Å². The molecule has 1 N–H and O–H groups in total. The van der Waals surface area contributed by atoms with Gasteiger partial charge in [-0.15, -0.1) is 0 Å². The second-order valence-corrected chi connectivity index (χ2v) is 3.13. The van der Waals surface area contributed by atoms with E-state index in [0.717, 1.165) is 5.56 Å². The predicted molar refractivity (Wildman–Crippen MR) is 61.9 cm³/mol. The summed E-state index contributed by atoms with van der Waals surface area (Å²) in [6.07, 6.45) is 5.20. The van der Waals surface area contributed by atoms with E-state index in [4.69, 9.17) is 0 Å². The zero-order valence-corrected chi connectivity index (χ0v) is 8.93. The third-order valence-electron chi connectivity index (χ3n) is 1.85. The van der Waals surface area contributed by atoms with Crippen molar-refractivity contribution in [2.24, 2.45) is 4.99 Å². The van der Waals surface area contributed by atoms with Crippen LogP contribution in [-0.2, 0) is 9.59 Å². The molecule has 0 unspecified atom stereocenters. The fourth-order valence-electron chi connectivity index (χ4n) is 1.11. The molecule has 0 fully saturated rings. The van der Waals surface area contributed by atoms with Crippen LogP contribution in [0.2, 0.25) is 0 Å². The molecule has 0 atom stereocenters. The lowest BCUT2D eigenvalue weighted by Gasteiger charge is -1.96. The fraction of sp³-hybridized carbons (Fsp3) is 0.167. The lowest BCUT2D eigenvalue weighted by Crippen LogP contribution is -2.19. The summed E-state index contributed by atoms with van der Waals surface area (Å²) < 4.78 is 0. The average Bonchev–Trinajstić information content (AvgIpc) is 2.27. The molecule has 0 aliphatic rings. The summed E-state index contributed by atoms with van der Waals surface area (Å²) in [5, 5.41) is 2.65. The third kappa shape index (κ3) is 4.35. The van der Waals surface area contributed by atoms with Crippen molar-refractivity contribution in [3.8, 4) is 0 Å². The van der Waals surface area contributed by atoms with Gasteiger partial charge < -0.3 is 5.32 Å². The Bertz CT molecular complexity index is 429. The number of amides is 1. The van der Waals surface area contributed by atoms with Gasteiger partial charge in [-0.2, -0.15) is 4.99 Å². The van der Waals surface area contributed by atoms with Crippen molar-refractivity contribution in [1.29, 1.82) is 0 Å². The summed E-state index contributed by atoms with van der Waals surface area (Å²) in [4.78, 5) is 24.0. The lowest BCUT2D eigenvalue weighted by atomic mass is 10.2. The molecule has 1 amide bonds.